The van der Waals surface area contributed by atoms with Gasteiger partial charge in [-0.2, -0.15) is 17.4 Å². The van der Waals surface area contributed by atoms with Gasteiger partial charge < -0.3 is 9.30 Å². The van der Waals surface area contributed by atoms with Crippen LogP contribution in [-0.4, -0.2) is 35.9 Å². The molecular weight excluding hydrogens is 388 g/mol. The van der Waals surface area contributed by atoms with E-state index in [-0.39, 0.29) is 0 Å². The smallest absolute Gasteiger partial charge is 0.280 e. The second-order valence-corrected chi connectivity index (χ2v) is 8.78. The Bertz CT molecular complexity index is 1090. The molecule has 1 atom stereocenters. The minimum absolute atomic E-state index is 0.363. The van der Waals surface area contributed by atoms with Gasteiger partial charge in [0.1, 0.15) is 17.6 Å². The lowest BCUT2D eigenvalue weighted by Crippen LogP contribution is -2.45. The lowest BCUT2D eigenvalue weighted by Gasteiger charge is -2.30. The maximum atomic E-state index is 13.3. The van der Waals surface area contributed by atoms with Crippen LogP contribution in [0.1, 0.15) is 28.6 Å². The summed E-state index contributed by atoms with van der Waals surface area (Å²) in [6, 6.07) is 14.7. The molecule has 0 amide bonds. The second-order valence-electron chi connectivity index (χ2n) is 7.08. The van der Waals surface area contributed by atoms with Crippen LogP contribution < -0.4 is 9.46 Å². The van der Waals surface area contributed by atoms with Crippen molar-refractivity contribution in [1.82, 2.24) is 18.6 Å². The van der Waals surface area contributed by atoms with E-state index in [2.05, 4.69) is 15.8 Å². The molecule has 0 saturated heterocycles. The first kappa shape index (κ1) is 19.6. The first-order chi connectivity index (χ1) is 14.0. The molecule has 152 valence electrons. The van der Waals surface area contributed by atoms with E-state index in [1.54, 1.807) is 19.5 Å². The zero-order chi connectivity index (χ0) is 20.4. The SMILES string of the molecule is COc1ccc(C(NS(=O)(=O)N2CCc3ccccc3C2)c2nccn2C)cc1. The Labute approximate surface area is 171 Å². The first-order valence-corrected chi connectivity index (χ1v) is 10.9. The van der Waals surface area contributed by atoms with E-state index in [0.29, 0.717) is 31.1 Å². The van der Waals surface area contributed by atoms with Gasteiger partial charge in [-0.15, -0.1) is 0 Å². The van der Waals surface area contributed by atoms with Crippen LogP contribution in [0.25, 0.3) is 0 Å². The van der Waals surface area contributed by atoms with Gasteiger partial charge in [-0.3, -0.25) is 0 Å². The van der Waals surface area contributed by atoms with Crippen molar-refractivity contribution in [1.29, 1.82) is 0 Å². The zero-order valence-corrected chi connectivity index (χ0v) is 17.3. The van der Waals surface area contributed by atoms with Crippen LogP contribution in [0.15, 0.2) is 60.9 Å². The number of methoxy groups -OCH3 is 1. The minimum Gasteiger partial charge on any atom is -0.497 e. The van der Waals surface area contributed by atoms with Gasteiger partial charge in [-0.25, -0.2) is 4.98 Å². The Hall–Kier alpha value is -2.68. The summed E-state index contributed by atoms with van der Waals surface area (Å²) in [6.45, 7) is 0.809. The molecule has 8 heteroatoms. The highest BCUT2D eigenvalue weighted by atomic mass is 32.2. The molecular formula is C21H24N4O3S. The third-order valence-corrected chi connectivity index (χ3v) is 6.79. The summed E-state index contributed by atoms with van der Waals surface area (Å²) in [5, 5.41) is 0. The number of imidazole rings is 1. The van der Waals surface area contributed by atoms with E-state index < -0.39 is 16.3 Å². The van der Waals surface area contributed by atoms with E-state index in [1.807, 2.05) is 54.1 Å². The second kappa shape index (κ2) is 7.98. The van der Waals surface area contributed by atoms with Crippen molar-refractivity contribution in [3.05, 3.63) is 83.4 Å². The molecule has 3 aromatic rings. The van der Waals surface area contributed by atoms with Crippen LogP contribution in [0, 0.1) is 0 Å². The molecule has 1 aromatic heterocycles. The number of rotatable bonds is 6. The van der Waals surface area contributed by atoms with Gasteiger partial charge in [0, 0.05) is 32.5 Å². The van der Waals surface area contributed by atoms with Crippen LogP contribution in [0.4, 0.5) is 0 Å². The largest absolute Gasteiger partial charge is 0.497 e. The average Bonchev–Trinajstić information content (AvgIpc) is 3.17. The lowest BCUT2D eigenvalue weighted by atomic mass is 10.0. The maximum Gasteiger partial charge on any atom is 0.280 e. The summed E-state index contributed by atoms with van der Waals surface area (Å²) in [5.74, 6) is 1.33. The predicted octanol–water partition coefficient (Wildman–Crippen LogP) is 2.41. The predicted molar refractivity (Wildman–Crippen MR) is 111 cm³/mol. The van der Waals surface area contributed by atoms with E-state index in [4.69, 9.17) is 4.74 Å². The normalized spacial score (nSPS) is 15.7. The number of benzene rings is 2. The van der Waals surface area contributed by atoms with Gasteiger partial charge in [0.05, 0.1) is 7.11 Å². The summed E-state index contributed by atoms with van der Waals surface area (Å²) >= 11 is 0. The van der Waals surface area contributed by atoms with Gasteiger partial charge in [-0.1, -0.05) is 36.4 Å². The zero-order valence-electron chi connectivity index (χ0n) is 16.4. The molecule has 0 fully saturated rings. The molecule has 0 saturated carbocycles. The molecule has 2 heterocycles. The number of aryl methyl sites for hydroxylation is 1. The minimum atomic E-state index is -3.73. The summed E-state index contributed by atoms with van der Waals surface area (Å²) < 4.78 is 37.9. The monoisotopic (exact) mass is 412 g/mol. The average molecular weight is 413 g/mol. The Morgan fingerprint density at radius 1 is 1.10 bits per heavy atom. The highest BCUT2D eigenvalue weighted by Gasteiger charge is 2.31. The molecule has 1 aliphatic rings. The number of hydrogen-bond acceptors (Lipinski definition) is 4. The van der Waals surface area contributed by atoms with Crippen molar-refractivity contribution in [2.24, 2.45) is 7.05 Å². The fraction of sp³-hybridized carbons (Fsp3) is 0.286. The van der Waals surface area contributed by atoms with Gasteiger partial charge in [-0.05, 0) is 35.2 Å². The standard InChI is InChI=1S/C21H24N4O3S/c1-24-14-12-22-21(24)20(17-7-9-19(28-2)10-8-17)23-29(26,27)25-13-11-16-5-3-4-6-18(16)15-25/h3-10,12,14,20,23H,11,13,15H2,1-2H3. The number of aromatic nitrogens is 2. The highest BCUT2D eigenvalue weighted by Crippen LogP contribution is 2.26. The topological polar surface area (TPSA) is 76.5 Å². The van der Waals surface area contributed by atoms with E-state index in [1.165, 1.54) is 9.87 Å². The molecule has 0 bridgehead atoms. The van der Waals surface area contributed by atoms with E-state index >= 15 is 0 Å². The molecule has 0 spiro atoms. The van der Waals surface area contributed by atoms with Crippen LogP contribution in [0.3, 0.4) is 0 Å². The van der Waals surface area contributed by atoms with Gasteiger partial charge >= 0.3 is 0 Å². The summed E-state index contributed by atoms with van der Waals surface area (Å²) in [4.78, 5) is 4.39. The Balaban J connectivity index is 1.64. The molecule has 1 unspecified atom stereocenters. The molecule has 7 nitrogen and oxygen atoms in total. The summed E-state index contributed by atoms with van der Waals surface area (Å²) in [6.07, 6.45) is 4.17. The molecule has 0 aliphatic carbocycles. The van der Waals surface area contributed by atoms with Crippen molar-refractivity contribution in [3.8, 4) is 5.75 Å². The quantitative estimate of drug-likeness (QED) is 0.675. The summed E-state index contributed by atoms with van der Waals surface area (Å²) in [5.41, 5.74) is 3.04. The van der Waals surface area contributed by atoms with Crippen LogP contribution in [-0.2, 0) is 30.2 Å². The van der Waals surface area contributed by atoms with Crippen molar-refractivity contribution >= 4 is 10.2 Å². The lowest BCUT2D eigenvalue weighted by molar-refractivity contribution is 0.380. The molecule has 0 radical (unpaired) electrons. The molecule has 29 heavy (non-hydrogen) atoms. The Kier molecular flexibility index (Phi) is 5.40. The van der Waals surface area contributed by atoms with Crippen molar-refractivity contribution in [2.75, 3.05) is 13.7 Å². The number of hydrogen-bond donors (Lipinski definition) is 1. The third kappa shape index (κ3) is 4.05. The van der Waals surface area contributed by atoms with Gasteiger partial charge in [0.25, 0.3) is 10.2 Å². The Morgan fingerprint density at radius 2 is 1.83 bits per heavy atom. The van der Waals surface area contributed by atoms with Gasteiger partial charge in [0.2, 0.25) is 0 Å². The molecule has 2 aromatic carbocycles. The van der Waals surface area contributed by atoms with E-state index in [0.717, 1.165) is 11.1 Å². The van der Waals surface area contributed by atoms with Crippen molar-refractivity contribution < 1.29 is 13.2 Å². The first-order valence-electron chi connectivity index (χ1n) is 9.43. The van der Waals surface area contributed by atoms with Gasteiger partial charge in [0.15, 0.2) is 0 Å². The summed E-state index contributed by atoms with van der Waals surface area (Å²) in [7, 11) is -0.282. The highest BCUT2D eigenvalue weighted by molar-refractivity contribution is 7.87. The molecule has 1 N–H and O–H groups in total. The van der Waals surface area contributed by atoms with Crippen molar-refractivity contribution in [2.45, 2.75) is 19.0 Å². The van der Waals surface area contributed by atoms with E-state index in [9.17, 15) is 8.42 Å². The fourth-order valence-corrected chi connectivity index (χ4v) is 4.95. The number of nitrogens with zero attached hydrogens (tertiary/aromatic N) is 3. The fourth-order valence-electron chi connectivity index (χ4n) is 3.62. The van der Waals surface area contributed by atoms with Crippen LogP contribution in [0.5, 0.6) is 5.75 Å². The molecule has 1 aliphatic heterocycles. The third-order valence-electron chi connectivity index (χ3n) is 5.27. The molecule has 4 rings (SSSR count). The van der Waals surface area contributed by atoms with Crippen LogP contribution in [0.2, 0.25) is 0 Å². The van der Waals surface area contributed by atoms with Crippen molar-refractivity contribution in [3.63, 3.8) is 0 Å². The Morgan fingerprint density at radius 3 is 2.48 bits per heavy atom. The number of ether oxygens (including phenoxy) is 1. The maximum absolute atomic E-state index is 13.3. The number of nitrogens with one attached hydrogen (secondary N) is 1. The van der Waals surface area contributed by atoms with Crippen LogP contribution >= 0.6 is 0 Å². The number of fused-ring (bicyclic) bond motifs is 1.